The van der Waals surface area contributed by atoms with Crippen LogP contribution >= 0.6 is 34.4 Å². The molecule has 0 aliphatic carbocycles. The fraction of sp³-hybridized carbons (Fsp3) is 0.375. The van der Waals surface area contributed by atoms with Crippen molar-refractivity contribution in [3.63, 3.8) is 0 Å². The number of nitrogens with zero attached hydrogens (tertiary/aromatic N) is 3. The topological polar surface area (TPSA) is 69.0 Å². The van der Waals surface area contributed by atoms with E-state index < -0.39 is 0 Å². The van der Waals surface area contributed by atoms with Gasteiger partial charge in [-0.1, -0.05) is 37.7 Å². The van der Waals surface area contributed by atoms with Crippen molar-refractivity contribution < 1.29 is 9.53 Å². The minimum atomic E-state index is -0.0657. The summed E-state index contributed by atoms with van der Waals surface area (Å²) >= 11 is 3.64. The third-order valence-corrected chi connectivity index (χ3v) is 6.69. The quantitative estimate of drug-likeness (QED) is 0.257. The molecule has 8 heteroatoms. The number of aromatic nitrogens is 3. The zero-order valence-corrected chi connectivity index (χ0v) is 22.1. The Morgan fingerprint density at radius 2 is 1.97 bits per heavy atom. The summed E-state index contributed by atoms with van der Waals surface area (Å²) < 4.78 is 9.28. The van der Waals surface area contributed by atoms with Crippen LogP contribution in [0, 0.1) is 17.4 Å². The zero-order chi connectivity index (χ0) is 23.3. The average molecular weight is 564 g/mol. The first-order chi connectivity index (χ1) is 15.3. The summed E-state index contributed by atoms with van der Waals surface area (Å²) in [5, 5.41) is 12.3. The third-order valence-electron chi connectivity index (χ3n) is 5.05. The molecule has 0 radical (unpaired) electrons. The van der Waals surface area contributed by atoms with Crippen molar-refractivity contribution in [1.82, 2.24) is 14.8 Å². The van der Waals surface area contributed by atoms with Crippen LogP contribution in [0.4, 0.5) is 5.69 Å². The number of halogens is 1. The van der Waals surface area contributed by atoms with Gasteiger partial charge in [-0.2, -0.15) is 0 Å². The van der Waals surface area contributed by atoms with Gasteiger partial charge in [-0.15, -0.1) is 10.2 Å². The van der Waals surface area contributed by atoms with E-state index in [1.165, 1.54) is 17.3 Å². The van der Waals surface area contributed by atoms with E-state index in [-0.39, 0.29) is 11.7 Å². The van der Waals surface area contributed by atoms with Crippen LogP contribution in [-0.2, 0) is 17.9 Å². The number of nitrogens with one attached hydrogen (secondary N) is 1. The SMILES string of the molecule is CCn1c(COc2cc(C)ccc2C(C)C)nnc1SCC(=O)Nc1ccc(I)cc1C. The smallest absolute Gasteiger partial charge is 0.234 e. The second-order valence-electron chi connectivity index (χ2n) is 7.92. The zero-order valence-electron chi connectivity index (χ0n) is 19.1. The Hall–Kier alpha value is -2.07. The van der Waals surface area contributed by atoms with Gasteiger partial charge in [0.05, 0.1) is 5.75 Å². The highest BCUT2D eigenvalue weighted by Gasteiger charge is 2.15. The molecule has 0 aliphatic rings. The lowest BCUT2D eigenvalue weighted by molar-refractivity contribution is -0.113. The van der Waals surface area contributed by atoms with Crippen LogP contribution in [0.25, 0.3) is 0 Å². The van der Waals surface area contributed by atoms with Gasteiger partial charge < -0.3 is 14.6 Å². The fourth-order valence-corrected chi connectivity index (χ4v) is 4.79. The molecule has 0 saturated carbocycles. The van der Waals surface area contributed by atoms with Crippen LogP contribution in [0.2, 0.25) is 0 Å². The van der Waals surface area contributed by atoms with E-state index in [1.807, 2.05) is 36.6 Å². The molecule has 0 unspecified atom stereocenters. The van der Waals surface area contributed by atoms with Gasteiger partial charge in [-0.3, -0.25) is 4.79 Å². The normalized spacial score (nSPS) is 11.1. The van der Waals surface area contributed by atoms with Crippen molar-refractivity contribution in [2.45, 2.75) is 58.8 Å². The van der Waals surface area contributed by atoms with E-state index in [0.717, 1.165) is 32.0 Å². The maximum atomic E-state index is 12.5. The number of anilines is 1. The number of hydrogen-bond acceptors (Lipinski definition) is 5. The summed E-state index contributed by atoms with van der Waals surface area (Å²) in [6.45, 7) is 11.4. The fourth-order valence-electron chi connectivity index (χ4n) is 3.32. The number of thioether (sulfide) groups is 1. The molecule has 0 fully saturated rings. The first-order valence-electron chi connectivity index (χ1n) is 10.6. The van der Waals surface area contributed by atoms with Crippen molar-refractivity contribution in [3.05, 3.63) is 62.5 Å². The second kappa shape index (κ2) is 11.2. The molecule has 32 heavy (non-hydrogen) atoms. The predicted octanol–water partition coefficient (Wildman–Crippen LogP) is 5.95. The van der Waals surface area contributed by atoms with E-state index in [1.54, 1.807) is 0 Å². The Balaban J connectivity index is 1.64. The van der Waals surface area contributed by atoms with Gasteiger partial charge in [-0.25, -0.2) is 0 Å². The largest absolute Gasteiger partial charge is 0.485 e. The first-order valence-corrected chi connectivity index (χ1v) is 12.7. The summed E-state index contributed by atoms with van der Waals surface area (Å²) in [6, 6.07) is 12.2. The molecule has 0 aliphatic heterocycles. The number of amides is 1. The number of aryl methyl sites for hydroxylation is 2. The van der Waals surface area contributed by atoms with E-state index in [9.17, 15) is 4.79 Å². The Bertz CT molecular complexity index is 1100. The second-order valence-corrected chi connectivity index (χ2v) is 10.1. The number of carbonyl (C=O) groups is 1. The molecular formula is C24H29IN4O2S. The first kappa shape index (κ1) is 24.6. The molecule has 0 spiro atoms. The van der Waals surface area contributed by atoms with Gasteiger partial charge >= 0.3 is 0 Å². The summed E-state index contributed by atoms with van der Waals surface area (Å²) in [4.78, 5) is 12.5. The summed E-state index contributed by atoms with van der Waals surface area (Å²) in [5.41, 5.74) is 4.21. The molecule has 1 N–H and O–H groups in total. The Morgan fingerprint density at radius 1 is 1.19 bits per heavy atom. The maximum Gasteiger partial charge on any atom is 0.234 e. The van der Waals surface area contributed by atoms with Crippen LogP contribution in [0.1, 0.15) is 49.2 Å². The van der Waals surface area contributed by atoms with E-state index >= 15 is 0 Å². The molecule has 3 aromatic rings. The van der Waals surface area contributed by atoms with Crippen LogP contribution in [-0.4, -0.2) is 26.4 Å². The van der Waals surface area contributed by atoms with Crippen molar-refractivity contribution >= 4 is 45.9 Å². The standard InChI is InChI=1S/C24H29IN4O2S/c1-6-29-22(13-31-21-11-16(4)7-9-19(21)15(2)3)27-28-24(29)32-14-23(30)26-20-10-8-18(25)12-17(20)5/h7-12,15H,6,13-14H2,1-5H3,(H,26,30). The molecule has 0 atom stereocenters. The minimum absolute atomic E-state index is 0.0657. The third kappa shape index (κ3) is 6.25. The van der Waals surface area contributed by atoms with Gasteiger partial charge in [0, 0.05) is 15.8 Å². The van der Waals surface area contributed by atoms with E-state index in [2.05, 4.69) is 77.1 Å². The summed E-state index contributed by atoms with van der Waals surface area (Å²) in [5.74, 6) is 2.20. The van der Waals surface area contributed by atoms with Crippen LogP contribution in [0.5, 0.6) is 5.75 Å². The lowest BCUT2D eigenvalue weighted by Gasteiger charge is -2.15. The molecule has 6 nitrogen and oxygen atoms in total. The number of benzene rings is 2. The minimum Gasteiger partial charge on any atom is -0.485 e. The van der Waals surface area contributed by atoms with Gasteiger partial charge in [0.15, 0.2) is 11.0 Å². The van der Waals surface area contributed by atoms with Gasteiger partial charge in [0.2, 0.25) is 5.91 Å². The van der Waals surface area contributed by atoms with E-state index in [0.29, 0.717) is 24.2 Å². The molecule has 2 aromatic carbocycles. The van der Waals surface area contributed by atoms with Gasteiger partial charge in [0.1, 0.15) is 12.4 Å². The summed E-state index contributed by atoms with van der Waals surface area (Å²) in [6.07, 6.45) is 0. The maximum absolute atomic E-state index is 12.5. The van der Waals surface area contributed by atoms with E-state index in [4.69, 9.17) is 4.74 Å². The number of rotatable bonds is 9. The number of hydrogen-bond donors (Lipinski definition) is 1. The van der Waals surface area contributed by atoms with Crippen LogP contribution in [0.15, 0.2) is 41.6 Å². The summed E-state index contributed by atoms with van der Waals surface area (Å²) in [7, 11) is 0. The Kier molecular flexibility index (Phi) is 8.58. The molecule has 0 bridgehead atoms. The van der Waals surface area contributed by atoms with Crippen molar-refractivity contribution in [2.75, 3.05) is 11.1 Å². The van der Waals surface area contributed by atoms with Crippen LogP contribution in [0.3, 0.4) is 0 Å². The Labute approximate surface area is 207 Å². The Morgan fingerprint density at radius 3 is 2.66 bits per heavy atom. The lowest BCUT2D eigenvalue weighted by atomic mass is 10.0. The lowest BCUT2D eigenvalue weighted by Crippen LogP contribution is -2.15. The van der Waals surface area contributed by atoms with Crippen molar-refractivity contribution in [2.24, 2.45) is 0 Å². The molecule has 0 saturated heterocycles. The van der Waals surface area contributed by atoms with Crippen LogP contribution < -0.4 is 10.1 Å². The highest BCUT2D eigenvalue weighted by Crippen LogP contribution is 2.28. The van der Waals surface area contributed by atoms with Crippen molar-refractivity contribution in [3.8, 4) is 5.75 Å². The van der Waals surface area contributed by atoms with Gasteiger partial charge in [-0.05, 0) is 90.2 Å². The number of ether oxygens (including phenoxy) is 1. The number of carbonyl (C=O) groups excluding carboxylic acids is 1. The van der Waals surface area contributed by atoms with Crippen molar-refractivity contribution in [1.29, 1.82) is 0 Å². The predicted molar refractivity (Wildman–Crippen MR) is 139 cm³/mol. The van der Waals surface area contributed by atoms with Gasteiger partial charge in [0.25, 0.3) is 0 Å². The molecular weight excluding hydrogens is 535 g/mol. The highest BCUT2D eigenvalue weighted by molar-refractivity contribution is 14.1. The monoisotopic (exact) mass is 564 g/mol. The molecule has 1 heterocycles. The highest BCUT2D eigenvalue weighted by atomic mass is 127. The molecule has 3 rings (SSSR count). The molecule has 1 aromatic heterocycles. The molecule has 170 valence electrons. The molecule has 1 amide bonds. The average Bonchev–Trinajstić information content (AvgIpc) is 3.14.